The van der Waals surface area contributed by atoms with Gasteiger partial charge in [0.25, 0.3) is 5.69 Å². The molecule has 9 heteroatoms. The van der Waals surface area contributed by atoms with Gasteiger partial charge in [0.15, 0.2) is 0 Å². The molecule has 0 atom stereocenters. The van der Waals surface area contributed by atoms with E-state index in [1.165, 1.54) is 24.5 Å². The van der Waals surface area contributed by atoms with Gasteiger partial charge in [0.1, 0.15) is 23.6 Å². The molecule has 150 valence electrons. The minimum absolute atomic E-state index is 0.0408. The van der Waals surface area contributed by atoms with Crippen molar-refractivity contribution in [2.75, 3.05) is 36.4 Å². The standard InChI is InChI=1S/C20H21FN6O2/c21-15-4-2-14(3-5-15)12-23-20-16-10-19(27(28)29)18(11-17(16)24-13-25-20)26-8-1-6-22-7-9-26/h2-5,10-11,13,22H,1,6-9,12H2,(H,23,24,25). The molecular weight excluding hydrogens is 375 g/mol. The van der Waals surface area contributed by atoms with Crippen molar-refractivity contribution in [2.24, 2.45) is 0 Å². The Bertz CT molecular complexity index is 1020. The maximum absolute atomic E-state index is 13.1. The van der Waals surface area contributed by atoms with Crippen molar-refractivity contribution < 1.29 is 9.31 Å². The predicted octanol–water partition coefficient (Wildman–Crippen LogP) is 3.09. The molecule has 1 fully saturated rings. The minimum Gasteiger partial charge on any atom is -0.365 e. The van der Waals surface area contributed by atoms with Gasteiger partial charge in [-0.1, -0.05) is 12.1 Å². The second-order valence-corrected chi connectivity index (χ2v) is 6.91. The lowest BCUT2D eigenvalue weighted by molar-refractivity contribution is -0.384. The second-order valence-electron chi connectivity index (χ2n) is 6.91. The lowest BCUT2D eigenvalue weighted by atomic mass is 10.1. The Morgan fingerprint density at radius 3 is 2.79 bits per heavy atom. The summed E-state index contributed by atoms with van der Waals surface area (Å²) in [5, 5.41) is 18.9. The number of nitro groups is 1. The van der Waals surface area contributed by atoms with Crippen molar-refractivity contribution in [3.63, 3.8) is 0 Å². The zero-order valence-corrected chi connectivity index (χ0v) is 15.8. The van der Waals surface area contributed by atoms with Gasteiger partial charge in [-0.25, -0.2) is 14.4 Å². The lowest BCUT2D eigenvalue weighted by Crippen LogP contribution is -2.28. The van der Waals surface area contributed by atoms with Crippen molar-refractivity contribution in [2.45, 2.75) is 13.0 Å². The summed E-state index contributed by atoms with van der Waals surface area (Å²) in [7, 11) is 0. The number of nitrogens with zero attached hydrogens (tertiary/aromatic N) is 4. The van der Waals surface area contributed by atoms with Gasteiger partial charge >= 0.3 is 0 Å². The molecule has 2 heterocycles. The van der Waals surface area contributed by atoms with E-state index in [1.54, 1.807) is 18.2 Å². The molecule has 0 saturated carbocycles. The molecule has 0 amide bonds. The Balaban J connectivity index is 1.68. The first kappa shape index (κ1) is 19.0. The van der Waals surface area contributed by atoms with E-state index in [9.17, 15) is 14.5 Å². The number of halogens is 1. The highest BCUT2D eigenvalue weighted by molar-refractivity contribution is 5.94. The molecule has 0 radical (unpaired) electrons. The van der Waals surface area contributed by atoms with E-state index < -0.39 is 0 Å². The van der Waals surface area contributed by atoms with Gasteiger partial charge in [-0.15, -0.1) is 0 Å². The third-order valence-corrected chi connectivity index (χ3v) is 4.98. The summed E-state index contributed by atoms with van der Waals surface area (Å²) in [6.45, 7) is 3.55. The van der Waals surface area contributed by atoms with Gasteiger partial charge in [-0.3, -0.25) is 10.1 Å². The summed E-state index contributed by atoms with van der Waals surface area (Å²) < 4.78 is 13.1. The maximum Gasteiger partial charge on any atom is 0.293 e. The normalized spacial score (nSPS) is 14.6. The number of rotatable bonds is 5. The number of nitrogens with one attached hydrogen (secondary N) is 2. The summed E-state index contributed by atoms with van der Waals surface area (Å²) in [6, 6.07) is 9.45. The third-order valence-electron chi connectivity index (χ3n) is 4.98. The van der Waals surface area contributed by atoms with E-state index in [0.717, 1.165) is 31.6 Å². The highest BCUT2D eigenvalue weighted by Gasteiger charge is 2.23. The summed E-state index contributed by atoms with van der Waals surface area (Å²) in [5.41, 5.74) is 2.13. The Morgan fingerprint density at radius 2 is 2.00 bits per heavy atom. The van der Waals surface area contributed by atoms with E-state index in [0.29, 0.717) is 35.5 Å². The van der Waals surface area contributed by atoms with Crippen molar-refractivity contribution in [3.8, 4) is 0 Å². The molecule has 1 aromatic heterocycles. The van der Waals surface area contributed by atoms with Crippen LogP contribution >= 0.6 is 0 Å². The number of nitro benzene ring substituents is 1. The van der Waals surface area contributed by atoms with Crippen LogP contribution in [-0.4, -0.2) is 41.1 Å². The molecule has 0 aliphatic carbocycles. The molecule has 0 unspecified atom stereocenters. The summed E-state index contributed by atoms with van der Waals surface area (Å²) in [5.74, 6) is 0.208. The van der Waals surface area contributed by atoms with Gasteiger partial charge in [0.2, 0.25) is 0 Å². The molecule has 1 aliphatic rings. The molecule has 8 nitrogen and oxygen atoms in total. The minimum atomic E-state index is -0.357. The highest BCUT2D eigenvalue weighted by atomic mass is 19.1. The molecule has 4 rings (SSSR count). The Hall–Kier alpha value is -3.33. The first-order valence-electron chi connectivity index (χ1n) is 9.49. The van der Waals surface area contributed by atoms with Crippen molar-refractivity contribution in [1.82, 2.24) is 15.3 Å². The van der Waals surface area contributed by atoms with Crippen LogP contribution in [0.15, 0.2) is 42.7 Å². The number of benzene rings is 2. The zero-order chi connectivity index (χ0) is 20.2. The summed E-state index contributed by atoms with van der Waals surface area (Å²) in [6.07, 6.45) is 2.36. The van der Waals surface area contributed by atoms with Crippen LogP contribution in [0.1, 0.15) is 12.0 Å². The van der Waals surface area contributed by atoms with Crippen molar-refractivity contribution in [3.05, 3.63) is 64.2 Å². The Labute approximate surface area is 166 Å². The monoisotopic (exact) mass is 396 g/mol. The number of fused-ring (bicyclic) bond motifs is 1. The van der Waals surface area contributed by atoms with Gasteiger partial charge in [0.05, 0.1) is 10.4 Å². The van der Waals surface area contributed by atoms with Crippen molar-refractivity contribution in [1.29, 1.82) is 0 Å². The Kier molecular flexibility index (Phi) is 5.48. The van der Waals surface area contributed by atoms with Gasteiger partial charge in [-0.05, 0) is 36.7 Å². The predicted molar refractivity (Wildman–Crippen MR) is 110 cm³/mol. The van der Waals surface area contributed by atoms with E-state index in [2.05, 4.69) is 20.6 Å². The van der Waals surface area contributed by atoms with Crippen LogP contribution < -0.4 is 15.5 Å². The first-order chi connectivity index (χ1) is 14.1. The topological polar surface area (TPSA) is 96.2 Å². The quantitative estimate of drug-likeness (QED) is 0.505. The first-order valence-corrected chi connectivity index (χ1v) is 9.49. The largest absolute Gasteiger partial charge is 0.365 e. The van der Waals surface area contributed by atoms with Crippen LogP contribution in [0.25, 0.3) is 10.9 Å². The smallest absolute Gasteiger partial charge is 0.293 e. The second kappa shape index (κ2) is 8.36. The van der Waals surface area contributed by atoms with E-state index in [1.807, 2.05) is 4.90 Å². The fourth-order valence-electron chi connectivity index (χ4n) is 3.50. The number of anilines is 2. The van der Waals surface area contributed by atoms with Crippen LogP contribution in [0.3, 0.4) is 0 Å². The number of hydrogen-bond acceptors (Lipinski definition) is 7. The van der Waals surface area contributed by atoms with Gasteiger partial charge in [0, 0.05) is 37.6 Å². The fourth-order valence-corrected chi connectivity index (χ4v) is 3.50. The SMILES string of the molecule is O=[N+]([O-])c1cc2c(NCc3ccc(F)cc3)ncnc2cc1N1CCCNCC1. The maximum atomic E-state index is 13.1. The molecule has 2 N–H and O–H groups in total. The third kappa shape index (κ3) is 4.24. The van der Waals surface area contributed by atoms with Crippen LogP contribution in [0, 0.1) is 15.9 Å². The van der Waals surface area contributed by atoms with E-state index >= 15 is 0 Å². The molecule has 0 bridgehead atoms. The molecule has 0 spiro atoms. The molecule has 2 aromatic carbocycles. The molecule has 1 aliphatic heterocycles. The highest BCUT2D eigenvalue weighted by Crippen LogP contribution is 2.34. The summed E-state index contributed by atoms with van der Waals surface area (Å²) in [4.78, 5) is 22.0. The molecule has 3 aromatic rings. The molecule has 1 saturated heterocycles. The summed E-state index contributed by atoms with van der Waals surface area (Å²) >= 11 is 0. The van der Waals surface area contributed by atoms with Crippen LogP contribution in [0.5, 0.6) is 0 Å². The average molecular weight is 396 g/mol. The molecule has 29 heavy (non-hydrogen) atoms. The zero-order valence-electron chi connectivity index (χ0n) is 15.8. The van der Waals surface area contributed by atoms with Gasteiger partial charge < -0.3 is 15.5 Å². The van der Waals surface area contributed by atoms with Gasteiger partial charge in [-0.2, -0.15) is 0 Å². The van der Waals surface area contributed by atoms with Crippen molar-refractivity contribution >= 4 is 28.1 Å². The van der Waals surface area contributed by atoms with Crippen LogP contribution in [0.2, 0.25) is 0 Å². The Morgan fingerprint density at radius 1 is 1.17 bits per heavy atom. The van der Waals surface area contributed by atoms with Crippen LogP contribution in [0.4, 0.5) is 21.6 Å². The lowest BCUT2D eigenvalue weighted by Gasteiger charge is -2.22. The molecular formula is C20H21FN6O2. The van der Waals surface area contributed by atoms with E-state index in [4.69, 9.17) is 0 Å². The van der Waals surface area contributed by atoms with E-state index in [-0.39, 0.29) is 16.4 Å². The number of aromatic nitrogens is 2. The van der Waals surface area contributed by atoms with Crippen LogP contribution in [-0.2, 0) is 6.54 Å². The number of hydrogen-bond donors (Lipinski definition) is 2. The average Bonchev–Trinajstić information content (AvgIpc) is 3.02. The fraction of sp³-hybridized carbons (Fsp3) is 0.300.